The summed E-state index contributed by atoms with van der Waals surface area (Å²) in [6.45, 7) is 7.12. The lowest BCUT2D eigenvalue weighted by Gasteiger charge is -2.13. The molecular weight excluding hydrogens is 713 g/mol. The Morgan fingerprint density at radius 2 is 1.11 bits per heavy atom. The molecule has 4 aromatic carbocycles. The Hall–Kier alpha value is -6.24. The number of nitrogens with zero attached hydrogens (tertiary/aromatic N) is 2. The number of benzene rings is 4. The number of aryl methyl sites for hydroxylation is 2. The molecule has 0 aliphatic carbocycles. The molecule has 1 unspecified atom stereocenters. The predicted molar refractivity (Wildman–Crippen MR) is 215 cm³/mol. The second-order valence-electron chi connectivity index (χ2n) is 12.7. The molecular formula is C44H50N4O8. The van der Waals surface area contributed by atoms with E-state index in [0.29, 0.717) is 44.4 Å². The number of oxazole rings is 2. The molecule has 6 rings (SSSR count). The summed E-state index contributed by atoms with van der Waals surface area (Å²) in [6, 6.07) is 34.8. The summed E-state index contributed by atoms with van der Waals surface area (Å²) in [5.41, 5.74) is 5.71. The van der Waals surface area contributed by atoms with Crippen molar-refractivity contribution in [2.75, 3.05) is 26.3 Å². The first-order chi connectivity index (χ1) is 26.6. The molecule has 294 valence electrons. The van der Waals surface area contributed by atoms with E-state index in [1.807, 2.05) is 130 Å². The Morgan fingerprint density at radius 1 is 0.661 bits per heavy atom. The van der Waals surface area contributed by atoms with Crippen molar-refractivity contribution in [2.45, 2.75) is 53.6 Å². The highest BCUT2D eigenvalue weighted by Gasteiger charge is 2.13. The smallest absolute Gasteiger partial charge is 0.317 e. The van der Waals surface area contributed by atoms with Crippen LogP contribution in [-0.2, 0) is 29.0 Å². The molecule has 0 amide bonds. The van der Waals surface area contributed by atoms with Gasteiger partial charge in [0.2, 0.25) is 11.8 Å². The number of carboxylic acids is 2. The molecule has 0 bridgehead atoms. The van der Waals surface area contributed by atoms with E-state index in [4.69, 9.17) is 28.5 Å². The standard InChI is InChI=1S/C22H24N2O4.C21H22N2O4.CH4/c1-15(23-14-21(25)26)17-8-10-19(11-9-17)27-13-12-20-16(2)28-22(24-20)18-6-4-3-5-7-18;1-15-19(23-21(27-15)17-5-3-2-4-6-17)11-12-26-18-9-7-16(8-10-18)13-22-14-20(24)25;/h3-11,15,23H,12-14H2,1-2H3,(H,25,26);2-10,22H,11-14H2,1H3,(H,24,25);1H4. The van der Waals surface area contributed by atoms with E-state index in [2.05, 4.69) is 20.6 Å². The summed E-state index contributed by atoms with van der Waals surface area (Å²) in [5.74, 6) is 2.65. The number of aliphatic carboxylic acids is 2. The van der Waals surface area contributed by atoms with Crippen LogP contribution >= 0.6 is 0 Å². The van der Waals surface area contributed by atoms with Crippen molar-refractivity contribution < 1.29 is 38.1 Å². The van der Waals surface area contributed by atoms with E-state index in [-0.39, 0.29) is 26.6 Å². The van der Waals surface area contributed by atoms with Crippen molar-refractivity contribution in [3.8, 4) is 34.4 Å². The number of aromatic nitrogens is 2. The zero-order valence-electron chi connectivity index (χ0n) is 31.2. The van der Waals surface area contributed by atoms with Gasteiger partial charge in [-0.3, -0.25) is 9.59 Å². The Kier molecular flexibility index (Phi) is 16.4. The van der Waals surface area contributed by atoms with Gasteiger partial charge in [0.05, 0.1) is 37.7 Å². The topological polar surface area (TPSA) is 169 Å². The third kappa shape index (κ3) is 13.3. The lowest BCUT2D eigenvalue weighted by Crippen LogP contribution is -2.25. The van der Waals surface area contributed by atoms with Crippen molar-refractivity contribution in [3.63, 3.8) is 0 Å². The zero-order chi connectivity index (χ0) is 39.0. The lowest BCUT2D eigenvalue weighted by atomic mass is 10.1. The first-order valence-corrected chi connectivity index (χ1v) is 18.0. The van der Waals surface area contributed by atoms with Crippen LogP contribution in [0.25, 0.3) is 22.9 Å². The summed E-state index contributed by atoms with van der Waals surface area (Å²) in [7, 11) is 0. The van der Waals surface area contributed by atoms with E-state index in [1.54, 1.807) is 0 Å². The maximum absolute atomic E-state index is 10.6. The summed E-state index contributed by atoms with van der Waals surface area (Å²) < 4.78 is 23.1. The Morgan fingerprint density at radius 3 is 1.55 bits per heavy atom. The van der Waals surface area contributed by atoms with Crippen LogP contribution in [0.1, 0.15) is 54.4 Å². The number of hydrogen-bond acceptors (Lipinski definition) is 10. The van der Waals surface area contributed by atoms with Gasteiger partial charge in [0, 0.05) is 36.6 Å². The molecule has 0 saturated carbocycles. The molecule has 0 fully saturated rings. The third-order valence-electron chi connectivity index (χ3n) is 8.51. The van der Waals surface area contributed by atoms with Gasteiger partial charge in [-0.2, -0.15) is 0 Å². The van der Waals surface area contributed by atoms with Gasteiger partial charge in [-0.25, -0.2) is 9.97 Å². The van der Waals surface area contributed by atoms with Crippen LogP contribution in [0.3, 0.4) is 0 Å². The molecule has 2 aromatic heterocycles. The van der Waals surface area contributed by atoms with Crippen molar-refractivity contribution in [1.82, 2.24) is 20.6 Å². The second kappa shape index (κ2) is 21.6. The van der Waals surface area contributed by atoms with Gasteiger partial charge in [0.1, 0.15) is 23.0 Å². The van der Waals surface area contributed by atoms with Gasteiger partial charge in [0.25, 0.3) is 0 Å². The predicted octanol–water partition coefficient (Wildman–Crippen LogP) is 8.09. The minimum atomic E-state index is -0.870. The molecule has 12 heteroatoms. The zero-order valence-corrected chi connectivity index (χ0v) is 31.2. The average Bonchev–Trinajstić information content (AvgIpc) is 3.76. The van der Waals surface area contributed by atoms with E-state index in [9.17, 15) is 9.59 Å². The fraction of sp³-hybridized carbons (Fsp3) is 0.273. The van der Waals surface area contributed by atoms with Crippen molar-refractivity contribution in [1.29, 1.82) is 0 Å². The van der Waals surface area contributed by atoms with Crippen LogP contribution in [-0.4, -0.2) is 58.4 Å². The van der Waals surface area contributed by atoms with E-state index >= 15 is 0 Å². The lowest BCUT2D eigenvalue weighted by molar-refractivity contribution is -0.137. The van der Waals surface area contributed by atoms with Crippen LogP contribution in [0, 0.1) is 13.8 Å². The highest BCUT2D eigenvalue weighted by atomic mass is 16.5. The Bertz CT molecular complexity index is 2080. The fourth-order valence-electron chi connectivity index (χ4n) is 5.49. The molecule has 0 saturated heterocycles. The van der Waals surface area contributed by atoms with Gasteiger partial charge in [-0.1, -0.05) is 68.1 Å². The monoisotopic (exact) mass is 762 g/mol. The van der Waals surface area contributed by atoms with Gasteiger partial charge >= 0.3 is 11.9 Å². The maximum Gasteiger partial charge on any atom is 0.317 e. The number of ether oxygens (including phenoxy) is 2. The van der Waals surface area contributed by atoms with Crippen LogP contribution in [0.5, 0.6) is 11.5 Å². The molecule has 56 heavy (non-hydrogen) atoms. The fourth-order valence-corrected chi connectivity index (χ4v) is 5.49. The molecule has 0 radical (unpaired) electrons. The molecule has 2 heterocycles. The summed E-state index contributed by atoms with van der Waals surface area (Å²) in [6.07, 6.45) is 1.31. The van der Waals surface area contributed by atoms with Crippen molar-refractivity contribution in [3.05, 3.63) is 143 Å². The second-order valence-corrected chi connectivity index (χ2v) is 12.7. The van der Waals surface area contributed by atoms with Gasteiger partial charge < -0.3 is 39.2 Å². The molecule has 0 aliphatic rings. The first-order valence-electron chi connectivity index (χ1n) is 18.0. The van der Waals surface area contributed by atoms with Gasteiger partial charge in [-0.05, 0) is 80.4 Å². The van der Waals surface area contributed by atoms with Gasteiger partial charge in [-0.15, -0.1) is 0 Å². The average molecular weight is 763 g/mol. The van der Waals surface area contributed by atoms with Crippen molar-refractivity contribution >= 4 is 11.9 Å². The SMILES string of the molecule is C.Cc1oc(-c2ccccc2)nc1CCOc1ccc(C(C)NCC(=O)O)cc1.Cc1oc(-c2ccccc2)nc1CCOc1ccc(CNCC(=O)O)cc1. The molecule has 6 aromatic rings. The van der Waals surface area contributed by atoms with E-state index in [1.165, 1.54) is 0 Å². The first kappa shape index (κ1) is 42.5. The summed E-state index contributed by atoms with van der Waals surface area (Å²) in [4.78, 5) is 30.3. The van der Waals surface area contributed by atoms with Crippen LogP contribution in [0.2, 0.25) is 0 Å². The molecule has 0 spiro atoms. The normalized spacial score (nSPS) is 11.1. The third-order valence-corrected chi connectivity index (χ3v) is 8.51. The molecule has 12 nitrogen and oxygen atoms in total. The highest BCUT2D eigenvalue weighted by Crippen LogP contribution is 2.24. The minimum Gasteiger partial charge on any atom is -0.493 e. The summed E-state index contributed by atoms with van der Waals surface area (Å²) >= 11 is 0. The number of carbonyl (C=O) groups is 2. The van der Waals surface area contributed by atoms with Gasteiger partial charge in [0.15, 0.2) is 0 Å². The van der Waals surface area contributed by atoms with E-state index < -0.39 is 11.9 Å². The quantitative estimate of drug-likeness (QED) is 0.0665. The largest absolute Gasteiger partial charge is 0.493 e. The molecule has 0 aliphatic heterocycles. The Labute approximate surface area is 327 Å². The van der Waals surface area contributed by atoms with Crippen molar-refractivity contribution in [2.24, 2.45) is 0 Å². The number of carboxylic acid groups (broad SMARTS) is 2. The van der Waals surface area contributed by atoms with Crippen LogP contribution < -0.4 is 20.1 Å². The number of nitrogens with one attached hydrogen (secondary N) is 2. The van der Waals surface area contributed by atoms with Crippen LogP contribution in [0.15, 0.2) is 118 Å². The maximum atomic E-state index is 10.6. The highest BCUT2D eigenvalue weighted by molar-refractivity contribution is 5.69. The van der Waals surface area contributed by atoms with Crippen LogP contribution in [0.4, 0.5) is 0 Å². The van der Waals surface area contributed by atoms with E-state index in [0.717, 1.165) is 56.7 Å². The molecule has 4 N–H and O–H groups in total. The Balaban J connectivity index is 0.000000244. The molecule has 1 atom stereocenters. The number of hydrogen-bond donors (Lipinski definition) is 4. The summed E-state index contributed by atoms with van der Waals surface area (Å²) in [5, 5.41) is 23.1. The minimum absolute atomic E-state index is 0. The number of rotatable bonds is 18.